The van der Waals surface area contributed by atoms with Crippen molar-refractivity contribution in [2.75, 3.05) is 26.7 Å². The van der Waals surface area contributed by atoms with E-state index in [9.17, 15) is 9.90 Å². The zero-order valence-electron chi connectivity index (χ0n) is 16.0. The van der Waals surface area contributed by atoms with E-state index in [1.165, 1.54) is 5.56 Å². The second-order valence-electron chi connectivity index (χ2n) is 7.30. The van der Waals surface area contributed by atoms with Crippen molar-refractivity contribution >= 4 is 5.91 Å². The molecule has 0 unspecified atom stereocenters. The van der Waals surface area contributed by atoms with E-state index in [0.717, 1.165) is 42.6 Å². The second-order valence-corrected chi connectivity index (χ2v) is 7.30. The number of hydrogen-bond acceptors (Lipinski definition) is 4. The summed E-state index contributed by atoms with van der Waals surface area (Å²) in [5, 5.41) is 9.47. The summed E-state index contributed by atoms with van der Waals surface area (Å²) in [4.78, 5) is 15.7. The minimum Gasteiger partial charge on any atom is -0.395 e. The van der Waals surface area contributed by atoms with Crippen LogP contribution in [0.15, 0.2) is 48.5 Å². The lowest BCUT2D eigenvalue weighted by Gasteiger charge is -2.22. The molecule has 1 fully saturated rings. The van der Waals surface area contributed by atoms with Gasteiger partial charge in [0.25, 0.3) is 0 Å². The third-order valence-electron chi connectivity index (χ3n) is 5.33. The lowest BCUT2D eigenvalue weighted by atomic mass is 10.0. The van der Waals surface area contributed by atoms with Gasteiger partial charge in [0, 0.05) is 26.2 Å². The first kappa shape index (κ1) is 19.5. The number of hydrogen-bond donors (Lipinski definition) is 2. The van der Waals surface area contributed by atoms with Gasteiger partial charge >= 0.3 is 0 Å². The molecule has 0 spiro atoms. The van der Waals surface area contributed by atoms with Gasteiger partial charge in [-0.3, -0.25) is 9.69 Å². The Bertz CT molecular complexity index is 760. The van der Waals surface area contributed by atoms with Crippen molar-refractivity contribution in [2.24, 2.45) is 5.73 Å². The highest BCUT2D eigenvalue weighted by Crippen LogP contribution is 2.24. The molecule has 1 heterocycles. The molecule has 1 aliphatic rings. The molecule has 1 saturated heterocycles. The molecule has 144 valence electrons. The maximum atomic E-state index is 11.7. The second kappa shape index (κ2) is 9.13. The highest BCUT2D eigenvalue weighted by atomic mass is 16.3. The zero-order chi connectivity index (χ0) is 19.2. The van der Waals surface area contributed by atoms with Crippen LogP contribution in [0.2, 0.25) is 0 Å². The first-order valence-corrected chi connectivity index (χ1v) is 9.58. The van der Waals surface area contributed by atoms with E-state index in [4.69, 9.17) is 5.73 Å². The van der Waals surface area contributed by atoms with E-state index < -0.39 is 0 Å². The van der Waals surface area contributed by atoms with Crippen molar-refractivity contribution in [3.05, 3.63) is 59.7 Å². The molecule has 2 aromatic rings. The van der Waals surface area contributed by atoms with Gasteiger partial charge in [0.05, 0.1) is 13.2 Å². The molecule has 3 rings (SSSR count). The molecule has 0 bridgehead atoms. The Morgan fingerprint density at radius 3 is 2.67 bits per heavy atom. The number of carbonyl (C=O) groups is 1. The predicted octanol–water partition coefficient (Wildman–Crippen LogP) is 2.23. The Balaban J connectivity index is 1.68. The number of aliphatic hydroxyl groups excluding tert-OH is 1. The van der Waals surface area contributed by atoms with Crippen molar-refractivity contribution in [2.45, 2.75) is 32.0 Å². The molecule has 1 aliphatic heterocycles. The van der Waals surface area contributed by atoms with Gasteiger partial charge in [-0.05, 0) is 47.7 Å². The van der Waals surface area contributed by atoms with Crippen molar-refractivity contribution < 1.29 is 9.90 Å². The minimum atomic E-state index is -0.0622. The van der Waals surface area contributed by atoms with Gasteiger partial charge in [0.2, 0.25) is 5.91 Å². The first-order chi connectivity index (χ1) is 13.1. The molecule has 0 aliphatic carbocycles. The fraction of sp³-hybridized carbons (Fsp3) is 0.409. The summed E-state index contributed by atoms with van der Waals surface area (Å²) in [6.07, 6.45) is 2.25. The lowest BCUT2D eigenvalue weighted by molar-refractivity contribution is -0.128. The van der Waals surface area contributed by atoms with Gasteiger partial charge in [-0.1, -0.05) is 42.5 Å². The summed E-state index contributed by atoms with van der Waals surface area (Å²) in [7, 11) is 1.77. The fourth-order valence-electron chi connectivity index (χ4n) is 3.71. The summed E-state index contributed by atoms with van der Waals surface area (Å²) in [5.74, 6) is -0.0622. The van der Waals surface area contributed by atoms with Crippen molar-refractivity contribution in [3.8, 4) is 11.1 Å². The van der Waals surface area contributed by atoms with Crippen LogP contribution in [0.3, 0.4) is 0 Å². The summed E-state index contributed by atoms with van der Waals surface area (Å²) < 4.78 is 0. The quantitative estimate of drug-likeness (QED) is 0.787. The van der Waals surface area contributed by atoms with Crippen LogP contribution < -0.4 is 5.73 Å². The Hall–Kier alpha value is -2.21. The lowest BCUT2D eigenvalue weighted by Crippen LogP contribution is -2.32. The van der Waals surface area contributed by atoms with Crippen LogP contribution in [0.25, 0.3) is 11.1 Å². The van der Waals surface area contributed by atoms with Gasteiger partial charge in [-0.15, -0.1) is 0 Å². The number of benzene rings is 2. The van der Waals surface area contributed by atoms with Crippen LogP contribution in [-0.2, 0) is 17.9 Å². The molecule has 27 heavy (non-hydrogen) atoms. The molecular formula is C22H29N3O2. The number of carbonyl (C=O) groups excluding carboxylic acids is 1. The Morgan fingerprint density at radius 2 is 1.96 bits per heavy atom. The maximum absolute atomic E-state index is 11.7. The Kier molecular flexibility index (Phi) is 6.61. The third kappa shape index (κ3) is 4.95. The molecular weight excluding hydrogens is 338 g/mol. The van der Waals surface area contributed by atoms with Crippen LogP contribution in [0.5, 0.6) is 0 Å². The largest absolute Gasteiger partial charge is 0.395 e. The van der Waals surface area contributed by atoms with Crippen LogP contribution in [0.1, 0.15) is 24.0 Å². The molecule has 0 radical (unpaired) electrons. The van der Waals surface area contributed by atoms with Crippen molar-refractivity contribution in [3.63, 3.8) is 0 Å². The molecule has 0 aromatic heterocycles. The molecule has 3 N–H and O–H groups in total. The molecule has 0 saturated carbocycles. The van der Waals surface area contributed by atoms with E-state index in [-0.39, 0.29) is 19.1 Å². The topological polar surface area (TPSA) is 69.8 Å². The monoisotopic (exact) mass is 367 g/mol. The van der Waals surface area contributed by atoms with E-state index in [1.54, 1.807) is 11.9 Å². The standard InChI is InChI=1S/C22H29N3O2/c1-24(22(27)13-23)14-18-4-2-5-20(12-18)19-9-7-17(8-10-19)15-25-11-3-6-21(25)16-26/h2,4-5,7-10,12,21,26H,3,6,11,13-16,23H2,1H3/t21-/m0/s1. The van der Waals surface area contributed by atoms with Crippen LogP contribution in [-0.4, -0.2) is 53.6 Å². The Labute approximate surface area is 161 Å². The van der Waals surface area contributed by atoms with Crippen molar-refractivity contribution in [1.82, 2.24) is 9.80 Å². The van der Waals surface area contributed by atoms with Gasteiger partial charge in [0.15, 0.2) is 0 Å². The third-order valence-corrected chi connectivity index (χ3v) is 5.33. The fourth-order valence-corrected chi connectivity index (χ4v) is 3.71. The molecule has 5 heteroatoms. The van der Waals surface area contributed by atoms with Gasteiger partial charge < -0.3 is 15.7 Å². The molecule has 2 aromatic carbocycles. The number of nitrogens with zero attached hydrogens (tertiary/aromatic N) is 2. The highest BCUT2D eigenvalue weighted by Gasteiger charge is 2.23. The number of amides is 1. The molecule has 1 amide bonds. The minimum absolute atomic E-state index is 0.0335. The summed E-state index contributed by atoms with van der Waals surface area (Å²) >= 11 is 0. The normalized spacial score (nSPS) is 17.2. The molecule has 1 atom stereocenters. The van der Waals surface area contributed by atoms with Gasteiger partial charge in [-0.25, -0.2) is 0 Å². The van der Waals surface area contributed by atoms with E-state index in [2.05, 4.69) is 41.3 Å². The molecule has 5 nitrogen and oxygen atoms in total. The SMILES string of the molecule is CN(Cc1cccc(-c2ccc(CN3CCC[C@H]3CO)cc2)c1)C(=O)CN. The number of nitrogens with two attached hydrogens (primary N) is 1. The number of likely N-dealkylation sites (N-methyl/N-ethyl adjacent to an activating group) is 1. The van der Waals surface area contributed by atoms with Crippen LogP contribution >= 0.6 is 0 Å². The van der Waals surface area contributed by atoms with E-state index in [1.807, 2.05) is 12.1 Å². The van der Waals surface area contributed by atoms with Crippen LogP contribution in [0.4, 0.5) is 0 Å². The van der Waals surface area contributed by atoms with E-state index >= 15 is 0 Å². The summed E-state index contributed by atoms with van der Waals surface area (Å²) in [5.41, 5.74) is 10.1. The smallest absolute Gasteiger partial charge is 0.236 e. The number of aliphatic hydroxyl groups is 1. The summed E-state index contributed by atoms with van der Waals surface area (Å²) in [6, 6.07) is 17.2. The average molecular weight is 367 g/mol. The van der Waals surface area contributed by atoms with E-state index in [0.29, 0.717) is 12.6 Å². The first-order valence-electron chi connectivity index (χ1n) is 9.58. The van der Waals surface area contributed by atoms with Crippen LogP contribution in [0, 0.1) is 0 Å². The Morgan fingerprint density at radius 1 is 1.19 bits per heavy atom. The van der Waals surface area contributed by atoms with Gasteiger partial charge in [-0.2, -0.15) is 0 Å². The average Bonchev–Trinajstić information content (AvgIpc) is 3.15. The maximum Gasteiger partial charge on any atom is 0.236 e. The van der Waals surface area contributed by atoms with Gasteiger partial charge in [0.1, 0.15) is 0 Å². The zero-order valence-corrected chi connectivity index (χ0v) is 16.0. The highest BCUT2D eigenvalue weighted by molar-refractivity contribution is 5.77. The number of likely N-dealkylation sites (tertiary alicyclic amines) is 1. The summed E-state index contributed by atoms with van der Waals surface area (Å²) in [6.45, 7) is 2.78. The predicted molar refractivity (Wildman–Crippen MR) is 108 cm³/mol. The van der Waals surface area contributed by atoms with Crippen molar-refractivity contribution in [1.29, 1.82) is 0 Å². The number of rotatable bonds is 7.